The number of nitrogens with zero attached hydrogens (tertiary/aromatic N) is 4. The molecule has 1 aliphatic carbocycles. The van der Waals surface area contributed by atoms with E-state index < -0.39 is 0 Å². The third-order valence-corrected chi connectivity index (χ3v) is 7.10. The molecule has 0 saturated carbocycles. The minimum absolute atomic E-state index is 0. The Hall–Kier alpha value is -5.52. The van der Waals surface area contributed by atoms with E-state index in [1.807, 2.05) is 121 Å². The minimum Gasteiger partial charge on any atom is -0.298 e. The number of aromatic nitrogens is 4. The summed E-state index contributed by atoms with van der Waals surface area (Å²) in [5.74, 6) is 0. The fourth-order valence-corrected chi connectivity index (χ4v) is 5.02. The predicted molar refractivity (Wildman–Crippen MR) is 178 cm³/mol. The van der Waals surface area contributed by atoms with Gasteiger partial charge in [0.15, 0.2) is 0 Å². The smallest absolute Gasteiger partial charge is 0.298 e. The van der Waals surface area contributed by atoms with Gasteiger partial charge in [-0.15, -0.1) is 0 Å². The van der Waals surface area contributed by atoms with Crippen LogP contribution in [0.3, 0.4) is 0 Å². The fraction of sp³-hybridized carbons (Fsp3) is 0. The molecule has 0 atom stereocenters. The van der Waals surface area contributed by atoms with Gasteiger partial charge in [-0.25, -0.2) is 0 Å². The van der Waals surface area contributed by atoms with Crippen LogP contribution in [-0.2, 0) is 19.5 Å². The molecular formula is C38H28N6Rh+3. The van der Waals surface area contributed by atoms with Crippen LogP contribution in [0.1, 0.15) is 11.1 Å². The molecule has 3 aromatic carbocycles. The Balaban J connectivity index is 0.000000139. The Labute approximate surface area is 274 Å². The molecule has 0 radical (unpaired) electrons. The van der Waals surface area contributed by atoms with Gasteiger partial charge in [-0.1, -0.05) is 84.9 Å². The molecule has 0 bridgehead atoms. The molecule has 8 rings (SSSR count). The largest absolute Gasteiger partial charge is 3.00 e. The molecule has 0 unspecified atom stereocenters. The van der Waals surface area contributed by atoms with E-state index in [0.29, 0.717) is 11.4 Å². The maximum atomic E-state index is 8.36. The molecule has 0 fully saturated rings. The summed E-state index contributed by atoms with van der Waals surface area (Å²) >= 11 is 0. The van der Waals surface area contributed by atoms with Crippen LogP contribution in [0.15, 0.2) is 158 Å². The summed E-state index contributed by atoms with van der Waals surface area (Å²) in [5.41, 5.74) is 8.12. The molecule has 7 aromatic rings. The van der Waals surface area contributed by atoms with Crippen LogP contribution in [0.2, 0.25) is 0 Å². The maximum absolute atomic E-state index is 8.36. The van der Waals surface area contributed by atoms with E-state index in [1.165, 1.54) is 0 Å². The van der Waals surface area contributed by atoms with Gasteiger partial charge in [0.2, 0.25) is 0 Å². The second-order valence-electron chi connectivity index (χ2n) is 9.86. The summed E-state index contributed by atoms with van der Waals surface area (Å²) < 4.78 is 0. The van der Waals surface area contributed by atoms with Gasteiger partial charge in [-0.2, -0.15) is 0 Å². The van der Waals surface area contributed by atoms with Crippen LogP contribution in [0.4, 0.5) is 0 Å². The SMILES string of the molecule is N=C1C(=N)c2c(ccc3ccccc23)-c2ccccc21.[Rh+3].c1ccc(-c2ccccn2)nc1.c1ccc(-c2ccccn2)nc1. The normalized spacial score (nSPS) is 11.0. The number of nitrogens with one attached hydrogen (secondary N) is 2. The van der Waals surface area contributed by atoms with Crippen molar-refractivity contribution < 1.29 is 19.5 Å². The molecule has 7 heteroatoms. The molecule has 6 nitrogen and oxygen atoms in total. The van der Waals surface area contributed by atoms with Crippen LogP contribution in [0.25, 0.3) is 44.7 Å². The van der Waals surface area contributed by atoms with Crippen LogP contribution in [-0.4, -0.2) is 31.4 Å². The van der Waals surface area contributed by atoms with Crippen LogP contribution in [0.5, 0.6) is 0 Å². The third kappa shape index (κ3) is 7.01. The number of fused-ring (bicyclic) bond motifs is 5. The number of rotatable bonds is 2. The van der Waals surface area contributed by atoms with E-state index in [4.69, 9.17) is 10.8 Å². The monoisotopic (exact) mass is 671 g/mol. The zero-order chi connectivity index (χ0) is 30.1. The average Bonchev–Trinajstić information content (AvgIpc) is 3.12. The van der Waals surface area contributed by atoms with Crippen LogP contribution < -0.4 is 0 Å². The zero-order valence-electron chi connectivity index (χ0n) is 24.1. The second-order valence-corrected chi connectivity index (χ2v) is 9.86. The summed E-state index contributed by atoms with van der Waals surface area (Å²) in [7, 11) is 0. The Morgan fingerprint density at radius 1 is 0.356 bits per heavy atom. The molecule has 2 N–H and O–H groups in total. The molecule has 4 aromatic heterocycles. The van der Waals surface area contributed by atoms with Gasteiger partial charge in [0.05, 0.1) is 34.2 Å². The molecular weight excluding hydrogens is 643 g/mol. The molecule has 0 spiro atoms. The van der Waals surface area contributed by atoms with E-state index in [0.717, 1.165) is 55.8 Å². The number of benzene rings is 3. The average molecular weight is 672 g/mol. The van der Waals surface area contributed by atoms with Crippen molar-refractivity contribution in [2.24, 2.45) is 0 Å². The summed E-state index contributed by atoms with van der Waals surface area (Å²) in [4.78, 5) is 16.7. The minimum atomic E-state index is 0. The van der Waals surface area contributed by atoms with Gasteiger partial charge >= 0.3 is 19.5 Å². The maximum Gasteiger partial charge on any atom is 3.00 e. The van der Waals surface area contributed by atoms with Crippen molar-refractivity contribution >= 4 is 22.2 Å². The first-order valence-corrected chi connectivity index (χ1v) is 14.1. The van der Waals surface area contributed by atoms with Crippen molar-refractivity contribution in [3.05, 3.63) is 169 Å². The Morgan fingerprint density at radius 3 is 1.24 bits per heavy atom. The van der Waals surface area contributed by atoms with Crippen molar-refractivity contribution in [1.82, 2.24) is 19.9 Å². The second kappa shape index (κ2) is 14.8. The molecule has 216 valence electrons. The predicted octanol–water partition coefficient (Wildman–Crippen LogP) is 8.54. The van der Waals surface area contributed by atoms with Crippen molar-refractivity contribution in [3.8, 4) is 33.9 Å². The molecule has 1 aliphatic rings. The first-order valence-electron chi connectivity index (χ1n) is 14.1. The van der Waals surface area contributed by atoms with Crippen LogP contribution in [0, 0.1) is 10.8 Å². The van der Waals surface area contributed by atoms with Gasteiger partial charge in [-0.05, 0) is 70.4 Å². The summed E-state index contributed by atoms with van der Waals surface area (Å²) in [6.07, 6.45) is 7.07. The number of pyridine rings is 4. The third-order valence-electron chi connectivity index (χ3n) is 7.10. The molecule has 45 heavy (non-hydrogen) atoms. The zero-order valence-corrected chi connectivity index (χ0v) is 25.8. The van der Waals surface area contributed by atoms with Crippen molar-refractivity contribution in [1.29, 1.82) is 10.8 Å². The van der Waals surface area contributed by atoms with E-state index in [2.05, 4.69) is 32.1 Å². The number of hydrogen-bond acceptors (Lipinski definition) is 6. The van der Waals surface area contributed by atoms with Crippen molar-refractivity contribution in [3.63, 3.8) is 0 Å². The van der Waals surface area contributed by atoms with Crippen molar-refractivity contribution in [2.75, 3.05) is 0 Å². The first-order chi connectivity index (χ1) is 21.7. The van der Waals surface area contributed by atoms with E-state index in [-0.39, 0.29) is 19.5 Å². The summed E-state index contributed by atoms with van der Waals surface area (Å²) in [6, 6.07) is 43.3. The molecule has 0 amide bonds. The summed E-state index contributed by atoms with van der Waals surface area (Å²) in [5, 5.41) is 18.8. The van der Waals surface area contributed by atoms with E-state index in [9.17, 15) is 0 Å². The standard InChI is InChI=1S/C18H12N2.2C10H8N2.Rh/c19-17-15-8-4-3-7-13(15)14-10-9-11-5-1-2-6-12(11)16(14)18(17)20;2*1-3-7-11-9(5-1)10-6-2-4-8-12-10;/h1-10,19-20H;2*1-8H;/q;;;+3. The van der Waals surface area contributed by atoms with Crippen LogP contribution >= 0.6 is 0 Å². The van der Waals surface area contributed by atoms with E-state index >= 15 is 0 Å². The first kappa shape index (κ1) is 30.9. The van der Waals surface area contributed by atoms with Gasteiger partial charge in [0, 0.05) is 35.9 Å². The fourth-order valence-electron chi connectivity index (χ4n) is 5.02. The molecule has 0 saturated heterocycles. The Morgan fingerprint density at radius 2 is 0.778 bits per heavy atom. The topological polar surface area (TPSA) is 99.3 Å². The van der Waals surface area contributed by atoms with Gasteiger partial charge in [0.1, 0.15) is 0 Å². The van der Waals surface area contributed by atoms with Gasteiger partial charge < -0.3 is 0 Å². The van der Waals surface area contributed by atoms with E-state index in [1.54, 1.807) is 24.8 Å². The number of hydrogen-bond donors (Lipinski definition) is 2. The summed E-state index contributed by atoms with van der Waals surface area (Å²) in [6.45, 7) is 0. The van der Waals surface area contributed by atoms with Crippen molar-refractivity contribution in [2.45, 2.75) is 0 Å². The quantitative estimate of drug-likeness (QED) is 0.180. The Bertz CT molecular complexity index is 1880. The molecule has 0 aliphatic heterocycles. The van der Waals surface area contributed by atoms with Gasteiger partial charge in [-0.3, -0.25) is 30.8 Å². The van der Waals surface area contributed by atoms with Gasteiger partial charge in [0.25, 0.3) is 0 Å². The molecule has 4 heterocycles. The Kier molecular flexibility index (Phi) is 10.2.